The monoisotopic (exact) mass is 409 g/mol. The van der Waals surface area contributed by atoms with Gasteiger partial charge in [0.1, 0.15) is 6.04 Å². The van der Waals surface area contributed by atoms with Gasteiger partial charge in [-0.05, 0) is 17.5 Å². The van der Waals surface area contributed by atoms with Crippen LogP contribution >= 0.6 is 23.2 Å². The fourth-order valence-electron chi connectivity index (χ4n) is 2.40. The van der Waals surface area contributed by atoms with Crippen molar-refractivity contribution in [3.63, 3.8) is 0 Å². The highest BCUT2D eigenvalue weighted by molar-refractivity contribution is 7.88. The van der Waals surface area contributed by atoms with Crippen molar-refractivity contribution < 1.29 is 23.1 Å². The third kappa shape index (κ3) is 4.24. The van der Waals surface area contributed by atoms with Crippen LogP contribution in [0.5, 0.6) is 0 Å². The van der Waals surface area contributed by atoms with E-state index in [4.69, 9.17) is 23.2 Å². The minimum absolute atomic E-state index is 0.163. The number of amides is 1. The normalized spacial score (nSPS) is 21.3. The molecule has 3 N–H and O–H groups in total. The van der Waals surface area contributed by atoms with Gasteiger partial charge in [0.15, 0.2) is 6.17 Å². The second-order valence-electron chi connectivity index (χ2n) is 5.86. The van der Waals surface area contributed by atoms with Crippen LogP contribution in [0.1, 0.15) is 19.4 Å². The van der Waals surface area contributed by atoms with Gasteiger partial charge in [0.2, 0.25) is 0 Å². The van der Waals surface area contributed by atoms with Gasteiger partial charge < -0.3 is 5.11 Å². The molecule has 0 aromatic heterocycles. The van der Waals surface area contributed by atoms with Gasteiger partial charge in [-0.15, -0.1) is 0 Å². The Morgan fingerprint density at radius 2 is 2.04 bits per heavy atom. The third-order valence-corrected chi connectivity index (χ3v) is 5.98. The van der Waals surface area contributed by atoms with Gasteiger partial charge in [0.05, 0.1) is 10.0 Å². The fourth-order valence-corrected chi connectivity index (χ4v) is 4.01. The van der Waals surface area contributed by atoms with Gasteiger partial charge in [-0.2, -0.15) is 12.7 Å². The third-order valence-electron chi connectivity index (χ3n) is 3.70. The zero-order valence-electron chi connectivity index (χ0n) is 13.4. The van der Waals surface area contributed by atoms with Crippen LogP contribution in [0.3, 0.4) is 0 Å². The van der Waals surface area contributed by atoms with Crippen molar-refractivity contribution in [1.82, 2.24) is 14.3 Å². The molecule has 8 nitrogen and oxygen atoms in total. The summed E-state index contributed by atoms with van der Waals surface area (Å²) < 4.78 is 27.2. The van der Waals surface area contributed by atoms with E-state index in [1.54, 1.807) is 32.0 Å². The standard InChI is InChI=1S/C14H17Cl2N3O5S/c1-7(2)11(14(21)22)17-12-13(20)18-25(23,24)19(12)6-8-4-3-5-9(15)10(8)16/h3-5,7,11-12,17H,6H2,1-2H3,(H,18,20)(H,21,22)/t11-,12+/m0/s1. The largest absolute Gasteiger partial charge is 0.480 e. The maximum absolute atomic E-state index is 12.2. The molecule has 1 saturated heterocycles. The van der Waals surface area contributed by atoms with Crippen LogP contribution in [0.15, 0.2) is 18.2 Å². The molecule has 0 radical (unpaired) electrons. The highest BCUT2D eigenvalue weighted by Crippen LogP contribution is 2.28. The van der Waals surface area contributed by atoms with E-state index in [1.807, 2.05) is 4.72 Å². The fraction of sp³-hybridized carbons (Fsp3) is 0.429. The number of hydrogen-bond acceptors (Lipinski definition) is 5. The van der Waals surface area contributed by atoms with Crippen LogP contribution < -0.4 is 10.0 Å². The Kier molecular flexibility index (Phi) is 5.95. The van der Waals surface area contributed by atoms with E-state index in [2.05, 4.69) is 5.32 Å². The van der Waals surface area contributed by atoms with E-state index in [9.17, 15) is 23.1 Å². The first-order valence-electron chi connectivity index (χ1n) is 7.29. The van der Waals surface area contributed by atoms with Gasteiger partial charge in [-0.3, -0.25) is 14.9 Å². The van der Waals surface area contributed by atoms with Crippen LogP contribution in [-0.2, 0) is 26.3 Å². The second-order valence-corrected chi connectivity index (χ2v) is 8.27. The number of carboxylic acid groups (broad SMARTS) is 1. The molecule has 0 unspecified atom stereocenters. The Labute approximate surface area is 155 Å². The van der Waals surface area contributed by atoms with Crippen molar-refractivity contribution >= 4 is 45.3 Å². The lowest BCUT2D eigenvalue weighted by Crippen LogP contribution is -2.54. The number of carbonyl (C=O) groups is 2. The molecule has 1 aromatic carbocycles. The van der Waals surface area contributed by atoms with Crippen molar-refractivity contribution in [3.05, 3.63) is 33.8 Å². The summed E-state index contributed by atoms with van der Waals surface area (Å²) in [6.07, 6.45) is -1.37. The van der Waals surface area contributed by atoms with Gasteiger partial charge >= 0.3 is 16.2 Å². The second kappa shape index (κ2) is 7.46. The summed E-state index contributed by atoms with van der Waals surface area (Å²) >= 11 is 12.0. The van der Waals surface area contributed by atoms with E-state index in [0.717, 1.165) is 4.31 Å². The number of halogens is 2. The Balaban J connectivity index is 2.35. The minimum Gasteiger partial charge on any atom is -0.480 e. The Bertz CT molecular complexity index is 800. The average molecular weight is 410 g/mol. The Hall–Kier alpha value is -1.39. The van der Waals surface area contributed by atoms with E-state index in [1.165, 1.54) is 0 Å². The molecule has 1 fully saturated rings. The number of nitrogens with one attached hydrogen (secondary N) is 2. The lowest BCUT2D eigenvalue weighted by atomic mass is 10.0. The molecule has 2 atom stereocenters. The van der Waals surface area contributed by atoms with Gasteiger partial charge in [-0.25, -0.2) is 4.72 Å². The first-order chi connectivity index (χ1) is 11.5. The molecule has 1 heterocycles. The number of benzene rings is 1. The summed E-state index contributed by atoms with van der Waals surface area (Å²) in [5.74, 6) is -2.41. The molecule has 25 heavy (non-hydrogen) atoms. The van der Waals surface area contributed by atoms with Crippen LogP contribution in [0, 0.1) is 5.92 Å². The predicted octanol–water partition coefficient (Wildman–Crippen LogP) is 1.19. The Morgan fingerprint density at radius 1 is 1.40 bits per heavy atom. The first kappa shape index (κ1) is 19.9. The topological polar surface area (TPSA) is 116 Å². The minimum atomic E-state index is -4.13. The van der Waals surface area contributed by atoms with E-state index in [-0.39, 0.29) is 22.5 Å². The molecule has 1 amide bonds. The number of nitrogens with zero attached hydrogens (tertiary/aromatic N) is 1. The van der Waals surface area contributed by atoms with Crippen molar-refractivity contribution in [2.75, 3.05) is 0 Å². The highest BCUT2D eigenvalue weighted by Gasteiger charge is 2.46. The average Bonchev–Trinajstić information content (AvgIpc) is 2.69. The van der Waals surface area contributed by atoms with Crippen molar-refractivity contribution in [2.24, 2.45) is 5.92 Å². The summed E-state index contributed by atoms with van der Waals surface area (Å²) in [6, 6.07) is 3.60. The van der Waals surface area contributed by atoms with E-state index >= 15 is 0 Å². The molecule has 1 aromatic rings. The summed E-state index contributed by atoms with van der Waals surface area (Å²) in [6.45, 7) is 3.04. The summed E-state index contributed by atoms with van der Waals surface area (Å²) in [7, 11) is -4.13. The SMILES string of the molecule is CC(C)[C@H](N[C@H]1C(=O)NS(=O)(=O)N1Cc1cccc(Cl)c1Cl)C(=O)O. The highest BCUT2D eigenvalue weighted by atomic mass is 35.5. The molecule has 2 rings (SSSR count). The number of rotatable bonds is 6. The zero-order chi connectivity index (χ0) is 18.9. The van der Waals surface area contributed by atoms with E-state index < -0.39 is 34.3 Å². The molecule has 138 valence electrons. The van der Waals surface area contributed by atoms with Gasteiger partial charge in [-0.1, -0.05) is 49.2 Å². The number of carbonyl (C=O) groups excluding carboxylic acids is 1. The quantitative estimate of drug-likeness (QED) is 0.649. The van der Waals surface area contributed by atoms with Crippen LogP contribution in [-0.4, -0.2) is 41.9 Å². The van der Waals surface area contributed by atoms with Gasteiger partial charge in [0, 0.05) is 6.54 Å². The molecule has 0 bridgehead atoms. The first-order valence-corrected chi connectivity index (χ1v) is 9.49. The lowest BCUT2D eigenvalue weighted by molar-refractivity contribution is -0.141. The molecule has 11 heteroatoms. The van der Waals surface area contributed by atoms with Crippen LogP contribution in [0.25, 0.3) is 0 Å². The molecule has 1 aliphatic rings. The van der Waals surface area contributed by atoms with Crippen LogP contribution in [0.2, 0.25) is 10.0 Å². The molecule has 0 saturated carbocycles. The van der Waals surface area contributed by atoms with Crippen LogP contribution in [0.4, 0.5) is 0 Å². The summed E-state index contributed by atoms with van der Waals surface area (Å²) in [4.78, 5) is 23.4. The predicted molar refractivity (Wildman–Crippen MR) is 92.3 cm³/mol. The number of hydrogen-bond donors (Lipinski definition) is 3. The van der Waals surface area contributed by atoms with Crippen molar-refractivity contribution in [1.29, 1.82) is 0 Å². The number of carboxylic acids is 1. The summed E-state index contributed by atoms with van der Waals surface area (Å²) in [5.41, 5.74) is 0.387. The van der Waals surface area contributed by atoms with Crippen molar-refractivity contribution in [2.45, 2.75) is 32.6 Å². The lowest BCUT2D eigenvalue weighted by Gasteiger charge is -2.26. The number of aliphatic carboxylic acids is 1. The van der Waals surface area contributed by atoms with Gasteiger partial charge in [0.25, 0.3) is 5.91 Å². The Morgan fingerprint density at radius 3 is 2.60 bits per heavy atom. The van der Waals surface area contributed by atoms with Crippen molar-refractivity contribution in [3.8, 4) is 0 Å². The maximum Gasteiger partial charge on any atom is 0.321 e. The smallest absolute Gasteiger partial charge is 0.321 e. The molecular weight excluding hydrogens is 393 g/mol. The molecular formula is C14H17Cl2N3O5S. The maximum atomic E-state index is 12.2. The molecule has 1 aliphatic heterocycles. The molecule has 0 spiro atoms. The van der Waals surface area contributed by atoms with E-state index in [0.29, 0.717) is 5.56 Å². The molecule has 0 aliphatic carbocycles. The zero-order valence-corrected chi connectivity index (χ0v) is 15.7. The summed E-state index contributed by atoms with van der Waals surface area (Å²) in [5, 5.41) is 12.3.